The number of nitrogens with one attached hydrogen (secondary N) is 1. The van der Waals surface area contributed by atoms with E-state index in [1.807, 2.05) is 31.2 Å². The number of carbonyl (C=O) groups excluding carboxylic acids is 1. The maximum absolute atomic E-state index is 12.0. The Morgan fingerprint density at radius 3 is 2.92 bits per heavy atom. The molecule has 3 rings (SSSR count). The molecule has 2 heterocycles. The molecule has 0 spiro atoms. The molecule has 1 N–H and O–H groups in total. The average molecular weight is 343 g/mol. The molecule has 1 aromatic carbocycles. The fourth-order valence-corrected chi connectivity index (χ4v) is 2.74. The lowest BCUT2D eigenvalue weighted by Gasteiger charge is -2.05. The van der Waals surface area contributed by atoms with Gasteiger partial charge in [0.05, 0.1) is 17.6 Å². The smallest absolute Gasteiger partial charge is 0.277 e. The number of thioether (sulfide) groups is 1. The maximum Gasteiger partial charge on any atom is 0.277 e. The summed E-state index contributed by atoms with van der Waals surface area (Å²) in [6.07, 6.45) is 2.50. The molecular weight excluding hydrogens is 326 g/mol. The summed E-state index contributed by atoms with van der Waals surface area (Å²) < 4.78 is 10.8. The third-order valence-corrected chi connectivity index (χ3v) is 4.26. The second-order valence-corrected chi connectivity index (χ2v) is 6.08. The van der Waals surface area contributed by atoms with Crippen LogP contribution in [-0.2, 0) is 11.2 Å². The molecule has 0 saturated heterocycles. The largest absolute Gasteiger partial charge is 0.469 e. The van der Waals surface area contributed by atoms with Crippen molar-refractivity contribution in [3.63, 3.8) is 0 Å². The van der Waals surface area contributed by atoms with Crippen LogP contribution in [0.3, 0.4) is 0 Å². The van der Waals surface area contributed by atoms with Crippen LogP contribution in [0.25, 0.3) is 11.5 Å². The quantitative estimate of drug-likeness (QED) is 0.683. The second kappa shape index (κ2) is 7.35. The van der Waals surface area contributed by atoms with Gasteiger partial charge in [-0.05, 0) is 37.1 Å². The number of furan rings is 1. The summed E-state index contributed by atoms with van der Waals surface area (Å²) in [5.41, 5.74) is 2.73. The third kappa shape index (κ3) is 3.86. The molecule has 6 nitrogen and oxygen atoms in total. The SMILES string of the molecule is CCc1cccc(NC(=O)CSc2nnc(-c3ccoc3C)o2)c1. The summed E-state index contributed by atoms with van der Waals surface area (Å²) >= 11 is 1.20. The van der Waals surface area contributed by atoms with Gasteiger partial charge in [0, 0.05) is 5.69 Å². The Bertz CT molecular complexity index is 841. The molecule has 0 aliphatic carbocycles. The van der Waals surface area contributed by atoms with Crippen molar-refractivity contribution >= 4 is 23.4 Å². The van der Waals surface area contributed by atoms with Gasteiger partial charge in [0.2, 0.25) is 5.91 Å². The Labute approximate surface area is 143 Å². The van der Waals surface area contributed by atoms with E-state index in [9.17, 15) is 4.79 Å². The number of aromatic nitrogens is 2. The molecule has 0 fully saturated rings. The molecule has 0 saturated carbocycles. The minimum atomic E-state index is -0.118. The van der Waals surface area contributed by atoms with Crippen LogP contribution in [0.1, 0.15) is 18.2 Å². The van der Waals surface area contributed by atoms with Crippen molar-refractivity contribution in [3.05, 3.63) is 47.9 Å². The first kappa shape index (κ1) is 16.3. The van der Waals surface area contributed by atoms with Crippen LogP contribution in [0, 0.1) is 6.92 Å². The zero-order valence-electron chi connectivity index (χ0n) is 13.4. The fourth-order valence-electron chi connectivity index (χ4n) is 2.18. The lowest BCUT2D eigenvalue weighted by atomic mass is 10.1. The number of nitrogens with zero attached hydrogens (tertiary/aromatic N) is 2. The number of carbonyl (C=O) groups is 1. The van der Waals surface area contributed by atoms with Crippen molar-refractivity contribution in [3.8, 4) is 11.5 Å². The van der Waals surface area contributed by atoms with Crippen molar-refractivity contribution in [1.82, 2.24) is 10.2 Å². The Morgan fingerprint density at radius 1 is 1.29 bits per heavy atom. The molecule has 0 unspecified atom stereocenters. The van der Waals surface area contributed by atoms with Crippen LogP contribution in [0.5, 0.6) is 0 Å². The van der Waals surface area contributed by atoms with E-state index in [-0.39, 0.29) is 11.7 Å². The van der Waals surface area contributed by atoms with Gasteiger partial charge >= 0.3 is 0 Å². The van der Waals surface area contributed by atoms with Gasteiger partial charge in [0.1, 0.15) is 5.76 Å². The van der Waals surface area contributed by atoms with Crippen LogP contribution in [-0.4, -0.2) is 21.9 Å². The second-order valence-electron chi connectivity index (χ2n) is 5.15. The van der Waals surface area contributed by atoms with Crippen molar-refractivity contribution in [2.45, 2.75) is 25.5 Å². The molecule has 1 amide bonds. The third-order valence-electron chi connectivity index (χ3n) is 3.44. The predicted molar refractivity (Wildman–Crippen MR) is 91.9 cm³/mol. The van der Waals surface area contributed by atoms with Gasteiger partial charge in [-0.3, -0.25) is 4.79 Å². The number of benzene rings is 1. The standard InChI is InChI=1S/C17H17N3O3S/c1-3-12-5-4-6-13(9-12)18-15(21)10-24-17-20-19-16(23-17)14-7-8-22-11(14)2/h4-9H,3,10H2,1-2H3,(H,18,21). The lowest BCUT2D eigenvalue weighted by Crippen LogP contribution is -2.14. The molecule has 0 atom stereocenters. The maximum atomic E-state index is 12.0. The van der Waals surface area contributed by atoms with Crippen molar-refractivity contribution in [1.29, 1.82) is 0 Å². The normalized spacial score (nSPS) is 10.8. The predicted octanol–water partition coefficient (Wildman–Crippen LogP) is 3.93. The number of aryl methyl sites for hydroxylation is 2. The Kier molecular flexibility index (Phi) is 5.00. The molecule has 0 aliphatic rings. The first-order chi connectivity index (χ1) is 11.7. The van der Waals surface area contributed by atoms with E-state index in [2.05, 4.69) is 22.4 Å². The van der Waals surface area contributed by atoms with Gasteiger partial charge in [-0.15, -0.1) is 10.2 Å². The van der Waals surface area contributed by atoms with Crippen molar-refractivity contribution < 1.29 is 13.6 Å². The van der Waals surface area contributed by atoms with Gasteiger partial charge in [-0.2, -0.15) is 0 Å². The van der Waals surface area contributed by atoms with Gasteiger partial charge in [0.25, 0.3) is 11.1 Å². The number of rotatable bonds is 6. The van der Waals surface area contributed by atoms with Crippen molar-refractivity contribution in [2.75, 3.05) is 11.1 Å². The number of hydrogen-bond acceptors (Lipinski definition) is 6. The summed E-state index contributed by atoms with van der Waals surface area (Å²) in [6.45, 7) is 3.90. The fraction of sp³-hybridized carbons (Fsp3) is 0.235. The summed E-state index contributed by atoms with van der Waals surface area (Å²) in [5, 5.41) is 11.1. The highest BCUT2D eigenvalue weighted by Gasteiger charge is 2.14. The first-order valence-corrected chi connectivity index (χ1v) is 8.54. The number of hydrogen-bond donors (Lipinski definition) is 1. The van der Waals surface area contributed by atoms with Crippen molar-refractivity contribution in [2.24, 2.45) is 0 Å². The highest BCUT2D eigenvalue weighted by molar-refractivity contribution is 7.99. The molecule has 7 heteroatoms. The number of anilines is 1. The van der Waals surface area contributed by atoms with Crippen LogP contribution < -0.4 is 5.32 Å². The van der Waals surface area contributed by atoms with E-state index < -0.39 is 0 Å². The topological polar surface area (TPSA) is 81.2 Å². The lowest BCUT2D eigenvalue weighted by molar-refractivity contribution is -0.113. The van der Waals surface area contributed by atoms with E-state index in [4.69, 9.17) is 8.83 Å². The average Bonchev–Trinajstić information content (AvgIpc) is 3.21. The van der Waals surface area contributed by atoms with Crippen LogP contribution in [0.4, 0.5) is 5.69 Å². The van der Waals surface area contributed by atoms with Gasteiger partial charge < -0.3 is 14.2 Å². The zero-order chi connectivity index (χ0) is 16.9. The number of amides is 1. The molecule has 0 bridgehead atoms. The molecular formula is C17H17N3O3S. The summed E-state index contributed by atoms with van der Waals surface area (Å²) in [4.78, 5) is 12.0. The van der Waals surface area contributed by atoms with Crippen LogP contribution >= 0.6 is 11.8 Å². The highest BCUT2D eigenvalue weighted by atomic mass is 32.2. The Morgan fingerprint density at radius 2 is 2.17 bits per heavy atom. The summed E-state index contributed by atoms with van der Waals surface area (Å²) in [7, 11) is 0. The monoisotopic (exact) mass is 343 g/mol. The zero-order valence-corrected chi connectivity index (χ0v) is 14.2. The van der Waals surface area contributed by atoms with Gasteiger partial charge in [-0.25, -0.2) is 0 Å². The first-order valence-electron chi connectivity index (χ1n) is 7.55. The molecule has 124 valence electrons. The van der Waals surface area contributed by atoms with Crippen LogP contribution in [0.2, 0.25) is 0 Å². The van der Waals surface area contributed by atoms with E-state index in [1.54, 1.807) is 12.3 Å². The minimum absolute atomic E-state index is 0.118. The highest BCUT2D eigenvalue weighted by Crippen LogP contribution is 2.26. The molecule has 0 aliphatic heterocycles. The summed E-state index contributed by atoms with van der Waals surface area (Å²) in [6, 6.07) is 9.56. The summed E-state index contributed by atoms with van der Waals surface area (Å²) in [5.74, 6) is 1.18. The Balaban J connectivity index is 1.57. The molecule has 2 aromatic heterocycles. The van der Waals surface area contributed by atoms with E-state index in [0.29, 0.717) is 16.9 Å². The molecule has 24 heavy (non-hydrogen) atoms. The minimum Gasteiger partial charge on any atom is -0.469 e. The molecule has 0 radical (unpaired) electrons. The van der Waals surface area contributed by atoms with Gasteiger partial charge in [0.15, 0.2) is 0 Å². The van der Waals surface area contributed by atoms with E-state index >= 15 is 0 Å². The van der Waals surface area contributed by atoms with E-state index in [0.717, 1.165) is 17.7 Å². The molecule has 3 aromatic rings. The Hall–Kier alpha value is -2.54. The van der Waals surface area contributed by atoms with Crippen LogP contribution in [0.15, 0.2) is 50.7 Å². The van der Waals surface area contributed by atoms with E-state index in [1.165, 1.54) is 17.3 Å². The van der Waals surface area contributed by atoms with Gasteiger partial charge in [-0.1, -0.05) is 30.8 Å².